The van der Waals surface area contributed by atoms with Crippen molar-refractivity contribution in [3.8, 4) is 23.0 Å². The predicted octanol–water partition coefficient (Wildman–Crippen LogP) is 5.55. The van der Waals surface area contributed by atoms with Gasteiger partial charge < -0.3 is 19.2 Å². The molecule has 3 aromatic carbocycles. The number of fused-ring (bicyclic) bond motifs is 1. The third-order valence-electron chi connectivity index (χ3n) is 5.07. The van der Waals surface area contributed by atoms with Gasteiger partial charge in [-0.2, -0.15) is 0 Å². The van der Waals surface area contributed by atoms with Crippen LogP contribution in [-0.4, -0.2) is 22.9 Å². The van der Waals surface area contributed by atoms with Crippen LogP contribution in [-0.2, 0) is 4.79 Å². The predicted molar refractivity (Wildman–Crippen MR) is 125 cm³/mol. The number of hydrogen-bond acceptors (Lipinski definition) is 7. The molecule has 5 rings (SSSR count). The molecule has 0 radical (unpaired) electrons. The van der Waals surface area contributed by atoms with E-state index < -0.39 is 5.25 Å². The Kier molecular flexibility index (Phi) is 5.75. The molecule has 1 aromatic heterocycles. The molecule has 4 aromatic rings. The molecule has 0 aliphatic carbocycles. The zero-order valence-electron chi connectivity index (χ0n) is 18.1. The Morgan fingerprint density at radius 3 is 2.48 bits per heavy atom. The van der Waals surface area contributed by atoms with Crippen LogP contribution in [0.5, 0.6) is 11.5 Å². The van der Waals surface area contributed by atoms with Gasteiger partial charge in [-0.1, -0.05) is 36.4 Å². The average molecular weight is 460 g/mol. The van der Waals surface area contributed by atoms with Crippen molar-refractivity contribution in [2.45, 2.75) is 24.3 Å². The van der Waals surface area contributed by atoms with E-state index in [2.05, 4.69) is 21.6 Å². The van der Waals surface area contributed by atoms with Crippen molar-refractivity contribution in [1.82, 2.24) is 10.2 Å². The maximum Gasteiger partial charge on any atom is 0.277 e. The first-order valence-electron chi connectivity index (χ1n) is 10.4. The molecule has 0 unspecified atom stereocenters. The molecule has 1 amide bonds. The van der Waals surface area contributed by atoms with Gasteiger partial charge in [0, 0.05) is 11.3 Å². The second kappa shape index (κ2) is 8.99. The first-order valence-corrected chi connectivity index (χ1v) is 11.3. The number of aromatic nitrogens is 2. The van der Waals surface area contributed by atoms with E-state index in [9.17, 15) is 4.79 Å². The van der Waals surface area contributed by atoms with Crippen LogP contribution in [0.4, 0.5) is 5.69 Å². The molecule has 1 N–H and O–H groups in total. The number of anilines is 1. The van der Waals surface area contributed by atoms with Crippen LogP contribution in [0.1, 0.15) is 21.9 Å². The molecule has 166 valence electrons. The number of nitrogens with zero attached hydrogens (tertiary/aromatic N) is 2. The summed E-state index contributed by atoms with van der Waals surface area (Å²) in [5.41, 5.74) is 4.48. The number of nitrogens with one attached hydrogen (secondary N) is 1. The summed E-state index contributed by atoms with van der Waals surface area (Å²) < 4.78 is 16.7. The van der Waals surface area contributed by atoms with Crippen LogP contribution in [0.3, 0.4) is 0 Å². The van der Waals surface area contributed by atoms with E-state index in [1.807, 2.05) is 62.4 Å². The molecular formula is C25H21N3O4S. The monoisotopic (exact) mass is 459 g/mol. The zero-order valence-corrected chi connectivity index (χ0v) is 18.9. The summed E-state index contributed by atoms with van der Waals surface area (Å²) >= 11 is 1.21. The Labute approximate surface area is 195 Å². The van der Waals surface area contributed by atoms with Crippen molar-refractivity contribution in [3.63, 3.8) is 0 Å². The van der Waals surface area contributed by atoms with Crippen LogP contribution in [0.2, 0.25) is 0 Å². The lowest BCUT2D eigenvalue weighted by Gasteiger charge is -2.16. The summed E-state index contributed by atoms with van der Waals surface area (Å²) in [4.78, 5) is 13.3. The molecule has 1 atom stereocenters. The van der Waals surface area contributed by atoms with Gasteiger partial charge in [-0.15, -0.1) is 10.2 Å². The van der Waals surface area contributed by atoms with E-state index in [1.165, 1.54) is 11.8 Å². The van der Waals surface area contributed by atoms with Crippen molar-refractivity contribution in [2.75, 3.05) is 12.1 Å². The lowest BCUT2D eigenvalue weighted by Crippen LogP contribution is -2.19. The number of benzene rings is 3. The van der Waals surface area contributed by atoms with Gasteiger partial charge in [0.1, 0.15) is 5.25 Å². The van der Waals surface area contributed by atoms with Crippen molar-refractivity contribution in [1.29, 1.82) is 0 Å². The summed E-state index contributed by atoms with van der Waals surface area (Å²) in [6.45, 7) is 4.20. The molecule has 0 spiro atoms. The molecule has 8 heteroatoms. The normalized spacial score (nSPS) is 13.0. The SMILES string of the molecule is Cc1cc(C)cc(NC(=O)[C@H](Sc2nnc(-c3ccc4c(c3)OCO4)o2)c2ccccc2)c1. The van der Waals surface area contributed by atoms with Crippen LogP contribution in [0.25, 0.3) is 11.5 Å². The molecule has 1 aliphatic heterocycles. The van der Waals surface area contributed by atoms with Gasteiger partial charge in [0.15, 0.2) is 11.5 Å². The van der Waals surface area contributed by atoms with Gasteiger partial charge in [0.25, 0.3) is 5.22 Å². The largest absolute Gasteiger partial charge is 0.454 e. The second-order valence-electron chi connectivity index (χ2n) is 7.72. The van der Waals surface area contributed by atoms with E-state index >= 15 is 0 Å². The first kappa shape index (κ1) is 21.1. The van der Waals surface area contributed by atoms with Crippen molar-refractivity contribution >= 4 is 23.4 Å². The van der Waals surface area contributed by atoms with Crippen LogP contribution in [0.15, 0.2) is 76.4 Å². The van der Waals surface area contributed by atoms with Gasteiger partial charge in [-0.3, -0.25) is 4.79 Å². The lowest BCUT2D eigenvalue weighted by molar-refractivity contribution is -0.115. The van der Waals surface area contributed by atoms with E-state index in [0.29, 0.717) is 22.6 Å². The number of carbonyl (C=O) groups excluding carboxylic acids is 1. The number of ether oxygens (including phenoxy) is 2. The minimum atomic E-state index is -0.572. The number of thioether (sulfide) groups is 1. The van der Waals surface area contributed by atoms with Crippen LogP contribution < -0.4 is 14.8 Å². The summed E-state index contributed by atoms with van der Waals surface area (Å²) in [6, 6.07) is 20.9. The molecule has 2 heterocycles. The van der Waals surface area contributed by atoms with Gasteiger partial charge in [-0.05, 0) is 72.6 Å². The molecule has 33 heavy (non-hydrogen) atoms. The first-order chi connectivity index (χ1) is 16.0. The fourth-order valence-corrected chi connectivity index (χ4v) is 4.54. The Balaban J connectivity index is 1.39. The van der Waals surface area contributed by atoms with Gasteiger partial charge in [0.05, 0.1) is 0 Å². The Bertz CT molecular complexity index is 1290. The Hall–Kier alpha value is -3.78. The summed E-state index contributed by atoms with van der Waals surface area (Å²) in [5, 5.41) is 11.1. The quantitative estimate of drug-likeness (QED) is 0.378. The van der Waals surface area contributed by atoms with E-state index in [4.69, 9.17) is 13.9 Å². The topological polar surface area (TPSA) is 86.5 Å². The maximum atomic E-state index is 13.3. The minimum Gasteiger partial charge on any atom is -0.454 e. The van der Waals surface area contributed by atoms with Gasteiger partial charge in [0.2, 0.25) is 18.6 Å². The minimum absolute atomic E-state index is 0.168. The molecule has 0 saturated heterocycles. The second-order valence-corrected chi connectivity index (χ2v) is 8.77. The van der Waals surface area contributed by atoms with E-state index in [0.717, 1.165) is 27.9 Å². The average Bonchev–Trinajstić information content (AvgIpc) is 3.46. The Morgan fingerprint density at radius 2 is 1.70 bits per heavy atom. The number of amides is 1. The standard InChI is InChI=1S/C25H21N3O4S/c1-15-10-16(2)12-19(11-15)26-23(29)22(17-6-4-3-5-7-17)33-25-28-27-24(32-25)18-8-9-20-21(13-18)31-14-30-20/h3-13,22H,14H2,1-2H3,(H,26,29)/t22-/m1/s1. The summed E-state index contributed by atoms with van der Waals surface area (Å²) in [5.74, 6) is 1.49. The summed E-state index contributed by atoms with van der Waals surface area (Å²) in [6.07, 6.45) is 0. The number of hydrogen-bond donors (Lipinski definition) is 1. The van der Waals surface area contributed by atoms with E-state index in [-0.39, 0.29) is 12.7 Å². The highest BCUT2D eigenvalue weighted by Crippen LogP contribution is 2.39. The molecular weight excluding hydrogens is 438 g/mol. The molecule has 7 nitrogen and oxygen atoms in total. The fourth-order valence-electron chi connectivity index (χ4n) is 3.66. The number of aryl methyl sites for hydroxylation is 2. The maximum absolute atomic E-state index is 13.3. The van der Waals surface area contributed by atoms with Crippen LogP contribution in [0, 0.1) is 13.8 Å². The third-order valence-corrected chi connectivity index (χ3v) is 6.16. The highest BCUT2D eigenvalue weighted by Gasteiger charge is 2.26. The molecule has 0 bridgehead atoms. The Morgan fingerprint density at radius 1 is 0.939 bits per heavy atom. The fraction of sp³-hybridized carbons (Fsp3) is 0.160. The third kappa shape index (κ3) is 4.70. The molecule has 0 saturated carbocycles. The van der Waals surface area contributed by atoms with Crippen LogP contribution >= 0.6 is 11.8 Å². The van der Waals surface area contributed by atoms with Crippen molar-refractivity contribution in [3.05, 3.63) is 83.4 Å². The van der Waals surface area contributed by atoms with Gasteiger partial charge >= 0.3 is 0 Å². The van der Waals surface area contributed by atoms with E-state index in [1.54, 1.807) is 12.1 Å². The lowest BCUT2D eigenvalue weighted by atomic mass is 10.1. The van der Waals surface area contributed by atoms with Crippen molar-refractivity contribution in [2.24, 2.45) is 0 Å². The smallest absolute Gasteiger partial charge is 0.277 e. The number of rotatable bonds is 6. The van der Waals surface area contributed by atoms with Crippen molar-refractivity contribution < 1.29 is 18.7 Å². The van der Waals surface area contributed by atoms with Gasteiger partial charge in [-0.25, -0.2) is 0 Å². The number of carbonyl (C=O) groups is 1. The summed E-state index contributed by atoms with van der Waals surface area (Å²) in [7, 11) is 0. The highest BCUT2D eigenvalue weighted by atomic mass is 32.2. The highest BCUT2D eigenvalue weighted by molar-refractivity contribution is 8.00. The zero-order chi connectivity index (χ0) is 22.8. The molecule has 0 fully saturated rings. The molecule has 1 aliphatic rings.